The predicted octanol–water partition coefficient (Wildman–Crippen LogP) is 2.60. The van der Waals surface area contributed by atoms with Crippen LogP contribution in [0.4, 0.5) is 4.39 Å². The molecule has 0 unspecified atom stereocenters. The Morgan fingerprint density at radius 1 is 1.39 bits per heavy atom. The summed E-state index contributed by atoms with van der Waals surface area (Å²) < 4.78 is 18.0. The van der Waals surface area contributed by atoms with Crippen LogP contribution in [0, 0.1) is 5.82 Å². The van der Waals surface area contributed by atoms with Gasteiger partial charge in [-0.15, -0.1) is 0 Å². The Hall–Kier alpha value is -1.42. The molecule has 0 saturated carbocycles. The number of hydrogen-bond donors (Lipinski definition) is 0. The molecular formula is C14H20FNO2. The number of nitrogens with zero attached hydrogens (tertiary/aromatic N) is 1. The first-order valence-electron chi connectivity index (χ1n) is 6.28. The smallest absolute Gasteiger partial charge is 0.320 e. The molecule has 0 fully saturated rings. The van der Waals surface area contributed by atoms with E-state index in [0.29, 0.717) is 13.2 Å². The molecule has 0 atom stereocenters. The molecule has 3 nitrogen and oxygen atoms in total. The van der Waals surface area contributed by atoms with E-state index in [0.717, 1.165) is 18.5 Å². The van der Waals surface area contributed by atoms with Crippen LogP contribution in [0.3, 0.4) is 0 Å². The Morgan fingerprint density at radius 2 is 2.17 bits per heavy atom. The highest BCUT2D eigenvalue weighted by atomic mass is 19.1. The molecule has 1 rings (SSSR count). The molecule has 0 spiro atoms. The Bertz CT molecular complexity index is 382. The highest BCUT2D eigenvalue weighted by Crippen LogP contribution is 2.08. The van der Waals surface area contributed by atoms with Crippen LogP contribution in [0.2, 0.25) is 0 Å². The lowest BCUT2D eigenvalue weighted by atomic mass is 10.2. The van der Waals surface area contributed by atoms with Gasteiger partial charge in [0, 0.05) is 6.54 Å². The first-order chi connectivity index (χ1) is 8.65. The monoisotopic (exact) mass is 253 g/mol. The van der Waals surface area contributed by atoms with Gasteiger partial charge in [-0.05, 0) is 37.6 Å². The van der Waals surface area contributed by atoms with Gasteiger partial charge in [0.25, 0.3) is 0 Å². The summed E-state index contributed by atoms with van der Waals surface area (Å²) in [6.07, 6.45) is 0.939. The van der Waals surface area contributed by atoms with Crippen LogP contribution in [0.1, 0.15) is 25.8 Å². The normalized spacial score (nSPS) is 10.7. The van der Waals surface area contributed by atoms with E-state index >= 15 is 0 Å². The molecule has 0 aliphatic rings. The van der Waals surface area contributed by atoms with Gasteiger partial charge in [0.05, 0.1) is 13.2 Å². The van der Waals surface area contributed by atoms with Crippen LogP contribution in [0.25, 0.3) is 0 Å². The van der Waals surface area contributed by atoms with Crippen molar-refractivity contribution in [1.82, 2.24) is 4.90 Å². The Kier molecular flexibility index (Phi) is 6.36. The van der Waals surface area contributed by atoms with E-state index in [1.54, 1.807) is 13.0 Å². The number of carbonyl (C=O) groups is 1. The highest BCUT2D eigenvalue weighted by Gasteiger charge is 2.11. The van der Waals surface area contributed by atoms with Crippen molar-refractivity contribution in [3.05, 3.63) is 35.6 Å². The molecule has 0 heterocycles. The summed E-state index contributed by atoms with van der Waals surface area (Å²) in [6, 6.07) is 6.45. The second kappa shape index (κ2) is 7.82. The summed E-state index contributed by atoms with van der Waals surface area (Å²) >= 11 is 0. The van der Waals surface area contributed by atoms with Crippen molar-refractivity contribution in [2.75, 3.05) is 19.7 Å². The van der Waals surface area contributed by atoms with E-state index in [1.165, 1.54) is 12.1 Å². The molecule has 1 aromatic rings. The van der Waals surface area contributed by atoms with Crippen molar-refractivity contribution >= 4 is 5.97 Å². The number of ether oxygens (including phenoxy) is 1. The zero-order valence-electron chi connectivity index (χ0n) is 11.0. The summed E-state index contributed by atoms with van der Waals surface area (Å²) in [4.78, 5) is 13.4. The topological polar surface area (TPSA) is 29.5 Å². The number of esters is 1. The third-order valence-corrected chi connectivity index (χ3v) is 2.49. The Labute approximate surface area is 108 Å². The molecule has 0 saturated heterocycles. The van der Waals surface area contributed by atoms with Gasteiger partial charge in [-0.25, -0.2) is 4.39 Å². The maximum atomic E-state index is 13.1. The zero-order valence-corrected chi connectivity index (χ0v) is 11.0. The zero-order chi connectivity index (χ0) is 13.4. The van der Waals surface area contributed by atoms with Gasteiger partial charge in [0.1, 0.15) is 5.82 Å². The van der Waals surface area contributed by atoms with E-state index < -0.39 is 0 Å². The van der Waals surface area contributed by atoms with E-state index in [2.05, 4.69) is 0 Å². The van der Waals surface area contributed by atoms with E-state index in [4.69, 9.17) is 4.74 Å². The number of benzene rings is 1. The molecule has 0 radical (unpaired) electrons. The second-order valence-corrected chi connectivity index (χ2v) is 4.15. The number of carbonyl (C=O) groups excluding carboxylic acids is 1. The number of hydrogen-bond acceptors (Lipinski definition) is 3. The fraction of sp³-hybridized carbons (Fsp3) is 0.500. The van der Waals surface area contributed by atoms with E-state index in [1.807, 2.05) is 17.9 Å². The van der Waals surface area contributed by atoms with Crippen LogP contribution in [-0.2, 0) is 16.1 Å². The van der Waals surface area contributed by atoms with Gasteiger partial charge in [0.15, 0.2) is 0 Å². The first kappa shape index (κ1) is 14.6. The molecule has 0 aliphatic heterocycles. The van der Waals surface area contributed by atoms with Crippen molar-refractivity contribution < 1.29 is 13.9 Å². The SMILES string of the molecule is CCCN(CC(=O)OCC)Cc1cccc(F)c1. The quantitative estimate of drug-likeness (QED) is 0.700. The summed E-state index contributed by atoms with van der Waals surface area (Å²) in [7, 11) is 0. The molecule has 1 aromatic carbocycles. The predicted molar refractivity (Wildman–Crippen MR) is 68.6 cm³/mol. The standard InChI is InChI=1S/C14H20FNO2/c1-3-8-16(11-14(17)18-4-2)10-12-6-5-7-13(15)9-12/h5-7,9H,3-4,8,10-11H2,1-2H3. The number of rotatable bonds is 7. The Morgan fingerprint density at radius 3 is 2.78 bits per heavy atom. The molecule has 100 valence electrons. The van der Waals surface area contributed by atoms with Crippen molar-refractivity contribution in [3.8, 4) is 0 Å². The number of halogens is 1. The molecule has 18 heavy (non-hydrogen) atoms. The largest absolute Gasteiger partial charge is 0.465 e. The van der Waals surface area contributed by atoms with E-state index in [-0.39, 0.29) is 18.3 Å². The fourth-order valence-electron chi connectivity index (χ4n) is 1.81. The van der Waals surface area contributed by atoms with Gasteiger partial charge in [-0.2, -0.15) is 0 Å². The summed E-state index contributed by atoms with van der Waals surface area (Å²) in [5, 5.41) is 0. The van der Waals surface area contributed by atoms with E-state index in [9.17, 15) is 9.18 Å². The lowest BCUT2D eigenvalue weighted by Crippen LogP contribution is -2.31. The van der Waals surface area contributed by atoms with Crippen LogP contribution in [0.5, 0.6) is 0 Å². The molecule has 0 aliphatic carbocycles. The Balaban J connectivity index is 2.59. The maximum Gasteiger partial charge on any atom is 0.320 e. The average Bonchev–Trinajstić information content (AvgIpc) is 2.29. The van der Waals surface area contributed by atoms with Gasteiger partial charge in [-0.1, -0.05) is 19.1 Å². The van der Waals surface area contributed by atoms with Gasteiger partial charge >= 0.3 is 5.97 Å². The lowest BCUT2D eigenvalue weighted by Gasteiger charge is -2.20. The van der Waals surface area contributed by atoms with Crippen molar-refractivity contribution in [2.45, 2.75) is 26.8 Å². The summed E-state index contributed by atoms with van der Waals surface area (Å²) in [6.45, 7) is 5.81. The highest BCUT2D eigenvalue weighted by molar-refractivity contribution is 5.71. The minimum Gasteiger partial charge on any atom is -0.465 e. The molecule has 0 bridgehead atoms. The molecule has 4 heteroatoms. The minimum absolute atomic E-state index is 0.234. The van der Waals surface area contributed by atoms with Crippen molar-refractivity contribution in [2.24, 2.45) is 0 Å². The van der Waals surface area contributed by atoms with Crippen molar-refractivity contribution in [3.63, 3.8) is 0 Å². The van der Waals surface area contributed by atoms with Crippen LogP contribution in [-0.4, -0.2) is 30.6 Å². The minimum atomic E-state index is -0.250. The second-order valence-electron chi connectivity index (χ2n) is 4.15. The maximum absolute atomic E-state index is 13.1. The van der Waals surface area contributed by atoms with Crippen LogP contribution < -0.4 is 0 Å². The molecular weight excluding hydrogens is 233 g/mol. The molecule has 0 amide bonds. The lowest BCUT2D eigenvalue weighted by molar-refractivity contribution is -0.144. The summed E-state index contributed by atoms with van der Waals surface area (Å²) in [5.74, 6) is -0.484. The summed E-state index contributed by atoms with van der Waals surface area (Å²) in [5.41, 5.74) is 0.868. The van der Waals surface area contributed by atoms with Crippen molar-refractivity contribution in [1.29, 1.82) is 0 Å². The third-order valence-electron chi connectivity index (χ3n) is 2.49. The van der Waals surface area contributed by atoms with Crippen LogP contribution >= 0.6 is 0 Å². The molecule has 0 aromatic heterocycles. The van der Waals surface area contributed by atoms with Gasteiger partial charge in [0.2, 0.25) is 0 Å². The van der Waals surface area contributed by atoms with Crippen LogP contribution in [0.15, 0.2) is 24.3 Å². The molecule has 0 N–H and O–H groups in total. The first-order valence-corrected chi connectivity index (χ1v) is 6.28. The third kappa shape index (κ3) is 5.27. The van der Waals surface area contributed by atoms with Gasteiger partial charge < -0.3 is 4.74 Å². The van der Waals surface area contributed by atoms with Gasteiger partial charge in [-0.3, -0.25) is 9.69 Å². The average molecular weight is 253 g/mol. The fourth-order valence-corrected chi connectivity index (χ4v) is 1.81.